The van der Waals surface area contributed by atoms with E-state index in [0.29, 0.717) is 10.8 Å². The van der Waals surface area contributed by atoms with Crippen LogP contribution in [0.4, 0.5) is 0 Å². The average Bonchev–Trinajstić information content (AvgIpc) is 2.64. The molecule has 1 aromatic rings. The molecule has 0 radical (unpaired) electrons. The molecule has 1 saturated heterocycles. The summed E-state index contributed by atoms with van der Waals surface area (Å²) in [5, 5.41) is 0.671. The molecule has 3 rings (SSSR count). The summed E-state index contributed by atoms with van der Waals surface area (Å²) in [4.78, 5) is 13.9. The van der Waals surface area contributed by atoms with Crippen LogP contribution in [0.3, 0.4) is 0 Å². The first-order valence-electron chi connectivity index (χ1n) is 6.38. The minimum Gasteiger partial charge on any atom is -0.484 e. The fourth-order valence-corrected chi connectivity index (χ4v) is 2.86. The lowest BCUT2D eigenvalue weighted by Crippen LogP contribution is -2.32. The Morgan fingerprint density at radius 1 is 1.22 bits per heavy atom. The lowest BCUT2D eigenvalue weighted by Gasteiger charge is -2.27. The van der Waals surface area contributed by atoms with Crippen molar-refractivity contribution in [1.82, 2.24) is 4.90 Å². The first-order chi connectivity index (χ1) is 8.72. The van der Waals surface area contributed by atoms with Crippen LogP contribution in [0.2, 0.25) is 5.02 Å². The Kier molecular flexibility index (Phi) is 3.16. The number of nitrogens with zero attached hydrogens (tertiary/aromatic N) is 1. The second kappa shape index (κ2) is 4.81. The van der Waals surface area contributed by atoms with Crippen molar-refractivity contribution >= 4 is 17.5 Å². The summed E-state index contributed by atoms with van der Waals surface area (Å²) >= 11 is 5.79. The Labute approximate surface area is 112 Å². The number of likely N-dealkylation sites (tertiary alicyclic amines) is 1. The molecular weight excluding hydrogens is 250 g/mol. The molecule has 1 amide bonds. The fraction of sp³-hybridized carbons (Fsp3) is 0.500. The number of rotatable bonds is 3. The van der Waals surface area contributed by atoms with Crippen LogP contribution in [0.25, 0.3) is 0 Å². The van der Waals surface area contributed by atoms with Crippen molar-refractivity contribution in [2.75, 3.05) is 19.7 Å². The predicted octanol–water partition coefficient (Wildman–Crippen LogP) is 2.59. The highest BCUT2D eigenvalue weighted by Crippen LogP contribution is 2.40. The fourth-order valence-electron chi connectivity index (χ4n) is 2.73. The first-order valence-corrected chi connectivity index (χ1v) is 6.76. The van der Waals surface area contributed by atoms with Gasteiger partial charge in [-0.1, -0.05) is 11.6 Å². The number of benzene rings is 1. The van der Waals surface area contributed by atoms with E-state index in [0.717, 1.165) is 24.9 Å². The molecule has 0 spiro atoms. The Hall–Kier alpha value is -1.22. The van der Waals surface area contributed by atoms with Gasteiger partial charge in [0.25, 0.3) is 5.91 Å². The van der Waals surface area contributed by atoms with Crippen LogP contribution in [0.1, 0.15) is 12.8 Å². The third-order valence-corrected chi connectivity index (χ3v) is 4.27. The third kappa shape index (κ3) is 2.32. The molecule has 1 aliphatic heterocycles. The standard InChI is InChI=1S/C14H16ClNO2/c15-12-3-5-13(6-4-12)18-9-14(17)16-7-10-1-2-11(10)8-16/h3-6,10-11H,1-2,7-9H2/t10-,11?/m1/s1. The second-order valence-electron chi connectivity index (χ2n) is 5.14. The maximum Gasteiger partial charge on any atom is 0.260 e. The summed E-state index contributed by atoms with van der Waals surface area (Å²) in [5.41, 5.74) is 0. The van der Waals surface area contributed by atoms with Gasteiger partial charge in [-0.25, -0.2) is 0 Å². The lowest BCUT2D eigenvalue weighted by atomic mass is 9.77. The topological polar surface area (TPSA) is 29.5 Å². The summed E-state index contributed by atoms with van der Waals surface area (Å²) in [6.45, 7) is 1.97. The predicted molar refractivity (Wildman–Crippen MR) is 69.7 cm³/mol. The highest BCUT2D eigenvalue weighted by atomic mass is 35.5. The van der Waals surface area contributed by atoms with E-state index in [4.69, 9.17) is 16.3 Å². The maximum absolute atomic E-state index is 12.0. The Balaban J connectivity index is 1.51. The molecule has 1 aliphatic carbocycles. The molecule has 2 atom stereocenters. The van der Waals surface area contributed by atoms with Crippen LogP contribution in [-0.4, -0.2) is 30.5 Å². The van der Waals surface area contributed by atoms with Gasteiger partial charge in [-0.15, -0.1) is 0 Å². The summed E-state index contributed by atoms with van der Waals surface area (Å²) in [5.74, 6) is 2.29. The molecule has 96 valence electrons. The minimum absolute atomic E-state index is 0.0966. The van der Waals surface area contributed by atoms with Crippen molar-refractivity contribution in [1.29, 1.82) is 0 Å². The van der Waals surface area contributed by atoms with E-state index in [9.17, 15) is 4.79 Å². The van der Waals surface area contributed by atoms with Crippen LogP contribution < -0.4 is 4.74 Å². The zero-order valence-electron chi connectivity index (χ0n) is 10.1. The number of hydrogen-bond acceptors (Lipinski definition) is 2. The highest BCUT2D eigenvalue weighted by molar-refractivity contribution is 6.30. The lowest BCUT2D eigenvalue weighted by molar-refractivity contribution is -0.132. The molecular formula is C14H16ClNO2. The molecule has 1 aromatic carbocycles. The van der Waals surface area contributed by atoms with Crippen LogP contribution in [0.5, 0.6) is 5.75 Å². The molecule has 0 aromatic heterocycles. The number of ether oxygens (including phenoxy) is 1. The highest BCUT2D eigenvalue weighted by Gasteiger charge is 2.40. The number of carbonyl (C=O) groups is 1. The maximum atomic E-state index is 12.0. The largest absolute Gasteiger partial charge is 0.484 e. The van der Waals surface area contributed by atoms with E-state index < -0.39 is 0 Å². The molecule has 4 heteroatoms. The Morgan fingerprint density at radius 3 is 2.39 bits per heavy atom. The van der Waals surface area contributed by atoms with Crippen molar-refractivity contribution in [3.05, 3.63) is 29.3 Å². The van der Waals surface area contributed by atoms with Gasteiger partial charge in [0.15, 0.2) is 6.61 Å². The Bertz CT molecular complexity index is 434. The van der Waals surface area contributed by atoms with Gasteiger partial charge in [0.2, 0.25) is 0 Å². The van der Waals surface area contributed by atoms with E-state index in [1.165, 1.54) is 12.8 Å². The van der Waals surface area contributed by atoms with Crippen molar-refractivity contribution < 1.29 is 9.53 Å². The zero-order chi connectivity index (χ0) is 12.5. The van der Waals surface area contributed by atoms with Gasteiger partial charge in [0, 0.05) is 18.1 Å². The molecule has 3 nitrogen and oxygen atoms in total. The summed E-state index contributed by atoms with van der Waals surface area (Å²) in [6.07, 6.45) is 2.57. The second-order valence-corrected chi connectivity index (χ2v) is 5.58. The average molecular weight is 266 g/mol. The van der Waals surface area contributed by atoms with E-state index >= 15 is 0 Å². The van der Waals surface area contributed by atoms with E-state index in [2.05, 4.69) is 0 Å². The van der Waals surface area contributed by atoms with Crippen molar-refractivity contribution in [2.24, 2.45) is 11.8 Å². The molecule has 1 unspecified atom stereocenters. The van der Waals surface area contributed by atoms with Gasteiger partial charge in [-0.2, -0.15) is 0 Å². The molecule has 2 fully saturated rings. The third-order valence-electron chi connectivity index (χ3n) is 4.01. The van der Waals surface area contributed by atoms with Crippen molar-refractivity contribution in [2.45, 2.75) is 12.8 Å². The molecule has 1 heterocycles. The van der Waals surface area contributed by atoms with Gasteiger partial charge in [-0.05, 0) is 48.9 Å². The summed E-state index contributed by atoms with van der Waals surface area (Å²) in [7, 11) is 0. The quantitative estimate of drug-likeness (QED) is 0.841. The van der Waals surface area contributed by atoms with Crippen LogP contribution >= 0.6 is 11.6 Å². The van der Waals surface area contributed by atoms with Gasteiger partial charge in [0.05, 0.1) is 0 Å². The molecule has 2 aliphatic rings. The van der Waals surface area contributed by atoms with Gasteiger partial charge >= 0.3 is 0 Å². The van der Waals surface area contributed by atoms with Gasteiger partial charge < -0.3 is 9.64 Å². The van der Waals surface area contributed by atoms with Crippen molar-refractivity contribution in [3.8, 4) is 5.75 Å². The SMILES string of the molecule is O=C(COc1ccc(Cl)cc1)N1CC2CC[C@@H]2C1. The summed E-state index contributed by atoms with van der Waals surface area (Å²) < 4.78 is 5.48. The zero-order valence-corrected chi connectivity index (χ0v) is 10.9. The van der Waals surface area contributed by atoms with Gasteiger partial charge in [0.1, 0.15) is 5.75 Å². The summed E-state index contributed by atoms with van der Waals surface area (Å²) in [6, 6.07) is 7.08. The van der Waals surface area contributed by atoms with E-state index in [1.54, 1.807) is 24.3 Å². The number of hydrogen-bond donors (Lipinski definition) is 0. The first kappa shape index (κ1) is 11.8. The number of carbonyl (C=O) groups excluding carboxylic acids is 1. The van der Waals surface area contributed by atoms with E-state index in [1.807, 2.05) is 4.90 Å². The van der Waals surface area contributed by atoms with E-state index in [-0.39, 0.29) is 12.5 Å². The monoisotopic (exact) mass is 265 g/mol. The van der Waals surface area contributed by atoms with Crippen molar-refractivity contribution in [3.63, 3.8) is 0 Å². The Morgan fingerprint density at radius 2 is 1.83 bits per heavy atom. The molecule has 0 N–H and O–H groups in total. The van der Waals surface area contributed by atoms with Crippen LogP contribution in [-0.2, 0) is 4.79 Å². The smallest absolute Gasteiger partial charge is 0.260 e. The minimum atomic E-state index is 0.0966. The normalized spacial score (nSPS) is 25.5. The number of halogens is 1. The molecule has 18 heavy (non-hydrogen) atoms. The van der Waals surface area contributed by atoms with Crippen LogP contribution in [0, 0.1) is 11.8 Å². The van der Waals surface area contributed by atoms with Crippen LogP contribution in [0.15, 0.2) is 24.3 Å². The molecule has 0 bridgehead atoms. The molecule has 1 saturated carbocycles. The van der Waals surface area contributed by atoms with Gasteiger partial charge in [-0.3, -0.25) is 4.79 Å². The number of fused-ring (bicyclic) bond motifs is 1. The number of amides is 1.